The minimum Gasteiger partial charge on any atom is -0.495 e. The van der Waals surface area contributed by atoms with Crippen LogP contribution < -0.4 is 20.3 Å². The van der Waals surface area contributed by atoms with Crippen LogP contribution in [-0.4, -0.2) is 107 Å². The van der Waals surface area contributed by atoms with Crippen LogP contribution in [0.2, 0.25) is 0 Å². The Kier molecular flexibility index (Phi) is 9.99. The molecule has 15 nitrogen and oxygen atoms in total. The first-order valence-electron chi connectivity index (χ1n) is 18.2. The molecule has 0 saturated carbocycles. The van der Waals surface area contributed by atoms with Crippen molar-refractivity contribution in [1.29, 1.82) is 0 Å². The van der Waals surface area contributed by atoms with E-state index in [1.165, 1.54) is 25.3 Å². The van der Waals surface area contributed by atoms with Crippen LogP contribution in [-0.2, 0) is 27.1 Å². The minimum absolute atomic E-state index is 0.0116. The molecule has 4 aliphatic heterocycles. The summed E-state index contributed by atoms with van der Waals surface area (Å²) in [7, 11) is 1.33. The van der Waals surface area contributed by atoms with Gasteiger partial charge in [0, 0.05) is 56.7 Å². The van der Waals surface area contributed by atoms with Crippen molar-refractivity contribution in [3.05, 3.63) is 82.2 Å². The molecule has 0 spiro atoms. The van der Waals surface area contributed by atoms with Crippen LogP contribution in [0.1, 0.15) is 85.9 Å². The predicted molar refractivity (Wildman–Crippen MR) is 195 cm³/mol. The third-order valence-corrected chi connectivity index (χ3v) is 10.8. The minimum atomic E-state index is -4.73. The molecule has 2 N–H and O–H groups in total. The highest BCUT2D eigenvalue weighted by Gasteiger charge is 2.46. The Morgan fingerprint density at radius 3 is 2.33 bits per heavy atom. The molecular formula is C39H38F3N7O8. The maximum atomic E-state index is 13.9. The molecule has 298 valence electrons. The summed E-state index contributed by atoms with van der Waals surface area (Å²) in [5, 5.41) is 4.73. The van der Waals surface area contributed by atoms with E-state index in [2.05, 4.69) is 15.6 Å². The fraction of sp³-hybridized carbons (Fsp3) is 0.385. The van der Waals surface area contributed by atoms with Crippen molar-refractivity contribution in [2.75, 3.05) is 50.1 Å². The highest BCUT2D eigenvalue weighted by molar-refractivity contribution is 6.25. The summed E-state index contributed by atoms with van der Waals surface area (Å²) in [6.07, 6.45) is -4.37. The van der Waals surface area contributed by atoms with E-state index in [4.69, 9.17) is 4.74 Å². The number of carbonyl (C=O) groups is 7. The number of hydrogen-bond donors (Lipinski definition) is 2. The molecule has 1 atom stereocenters. The lowest BCUT2D eigenvalue weighted by atomic mass is 9.87. The number of ether oxygens (including phenoxy) is 1. The second kappa shape index (κ2) is 14.6. The van der Waals surface area contributed by atoms with Crippen LogP contribution in [0, 0.1) is 5.41 Å². The molecule has 0 radical (unpaired) electrons. The van der Waals surface area contributed by atoms with Gasteiger partial charge in [0.25, 0.3) is 23.6 Å². The Morgan fingerprint density at radius 2 is 1.65 bits per heavy atom. The van der Waals surface area contributed by atoms with E-state index in [-0.39, 0.29) is 60.3 Å². The molecule has 1 unspecified atom stereocenters. The standard InChI is InChI=1S/C39H38F3N7O8/c1-38(2,12-13-48-20-21-18-25(28(57-3)19-23(21)34(48)53)44-32(51)24-7-5-9-29(43-24)39(40,41)42)37(56)47-16-14-46(15-17-47)26-8-4-6-22-31(26)36(55)49(35(22)54)27-10-11-30(50)45-33(27)52/h4-9,18-19,27H,10-17,20H2,1-3H3,(H,44,51)(H,45,50,52). The Labute approximate surface area is 324 Å². The number of methoxy groups -OCH3 is 1. The number of halogens is 3. The van der Waals surface area contributed by atoms with E-state index in [1.54, 1.807) is 35.8 Å². The molecule has 7 rings (SSSR count). The van der Waals surface area contributed by atoms with Crippen LogP contribution in [0.15, 0.2) is 48.5 Å². The van der Waals surface area contributed by atoms with E-state index < -0.39 is 58.6 Å². The molecule has 0 bridgehead atoms. The summed E-state index contributed by atoms with van der Waals surface area (Å²) < 4.78 is 44.9. The molecule has 1 aromatic heterocycles. The first-order valence-corrected chi connectivity index (χ1v) is 18.2. The van der Waals surface area contributed by atoms with E-state index in [1.807, 2.05) is 4.90 Å². The van der Waals surface area contributed by atoms with Crippen LogP contribution in [0.3, 0.4) is 0 Å². The summed E-state index contributed by atoms with van der Waals surface area (Å²) >= 11 is 0. The van der Waals surface area contributed by atoms with Gasteiger partial charge in [0.1, 0.15) is 23.2 Å². The predicted octanol–water partition coefficient (Wildman–Crippen LogP) is 3.48. The highest BCUT2D eigenvalue weighted by atomic mass is 19.4. The quantitative estimate of drug-likeness (QED) is 0.305. The van der Waals surface area contributed by atoms with E-state index in [0.29, 0.717) is 49.4 Å². The van der Waals surface area contributed by atoms with E-state index in [0.717, 1.165) is 23.1 Å². The lowest BCUT2D eigenvalue weighted by molar-refractivity contribution is -0.141. The number of nitrogens with zero attached hydrogens (tertiary/aromatic N) is 5. The first-order chi connectivity index (χ1) is 27.0. The van der Waals surface area contributed by atoms with Crippen LogP contribution >= 0.6 is 0 Å². The van der Waals surface area contributed by atoms with Gasteiger partial charge in [0.05, 0.1) is 29.6 Å². The van der Waals surface area contributed by atoms with Crippen molar-refractivity contribution in [3.8, 4) is 5.75 Å². The number of rotatable bonds is 9. The highest BCUT2D eigenvalue weighted by Crippen LogP contribution is 2.37. The average molecular weight is 790 g/mol. The summed E-state index contributed by atoms with van der Waals surface area (Å²) in [5.74, 6) is -3.56. The maximum Gasteiger partial charge on any atom is 0.433 e. The van der Waals surface area contributed by atoms with Crippen LogP contribution in [0.25, 0.3) is 0 Å². The molecule has 5 heterocycles. The maximum absolute atomic E-state index is 13.9. The van der Waals surface area contributed by atoms with Gasteiger partial charge in [-0.3, -0.25) is 43.8 Å². The van der Waals surface area contributed by atoms with Gasteiger partial charge in [-0.2, -0.15) is 13.2 Å². The number of amides is 7. The number of piperazine rings is 1. The molecule has 2 saturated heterocycles. The van der Waals surface area contributed by atoms with Crippen molar-refractivity contribution in [2.45, 2.75) is 51.9 Å². The lowest BCUT2D eigenvalue weighted by Crippen LogP contribution is -2.54. The molecular weight excluding hydrogens is 751 g/mol. The van der Waals surface area contributed by atoms with Gasteiger partial charge < -0.3 is 24.8 Å². The SMILES string of the molecule is COc1cc2c(cc1NC(=O)c1cccc(C(F)(F)F)n1)CN(CCC(C)(C)C(=O)N1CCN(c3cccc4c3C(=O)N(C3CCC(=O)NC3=O)C4=O)CC1)C2=O. The number of hydrogen-bond acceptors (Lipinski definition) is 10. The molecule has 0 aliphatic carbocycles. The van der Waals surface area contributed by atoms with Crippen molar-refractivity contribution < 1.29 is 51.5 Å². The number of alkyl halides is 3. The molecule has 2 fully saturated rings. The summed E-state index contributed by atoms with van der Waals surface area (Å²) in [6.45, 7) is 5.35. The van der Waals surface area contributed by atoms with Crippen molar-refractivity contribution in [1.82, 2.24) is 25.0 Å². The molecule has 7 amide bonds. The topological polar surface area (TPSA) is 179 Å². The Bertz CT molecular complexity index is 2230. The average Bonchev–Trinajstić information content (AvgIpc) is 3.63. The third-order valence-electron chi connectivity index (χ3n) is 10.8. The van der Waals surface area contributed by atoms with Gasteiger partial charge in [-0.1, -0.05) is 26.0 Å². The van der Waals surface area contributed by atoms with Gasteiger partial charge in [-0.25, -0.2) is 4.98 Å². The second-order valence-electron chi connectivity index (χ2n) is 14.9. The smallest absolute Gasteiger partial charge is 0.433 e. The number of anilines is 2. The number of imide groups is 2. The number of aromatic nitrogens is 1. The molecule has 3 aromatic rings. The zero-order chi connectivity index (χ0) is 41.0. The number of nitrogens with one attached hydrogen (secondary N) is 2. The fourth-order valence-corrected chi connectivity index (χ4v) is 7.62. The molecule has 2 aromatic carbocycles. The number of carbonyl (C=O) groups excluding carboxylic acids is 7. The zero-order valence-electron chi connectivity index (χ0n) is 31.2. The monoisotopic (exact) mass is 789 g/mol. The van der Waals surface area contributed by atoms with Gasteiger partial charge in [0.15, 0.2) is 0 Å². The summed E-state index contributed by atoms with van der Waals surface area (Å²) in [5.41, 5.74) is -0.642. The lowest BCUT2D eigenvalue weighted by Gasteiger charge is -2.40. The van der Waals surface area contributed by atoms with Gasteiger partial charge in [-0.15, -0.1) is 0 Å². The Hall–Kier alpha value is -6.33. The molecule has 18 heteroatoms. The van der Waals surface area contributed by atoms with E-state index >= 15 is 0 Å². The van der Waals surface area contributed by atoms with E-state index in [9.17, 15) is 46.7 Å². The largest absolute Gasteiger partial charge is 0.495 e. The fourth-order valence-electron chi connectivity index (χ4n) is 7.62. The Balaban J connectivity index is 0.965. The molecule has 4 aliphatic rings. The summed E-state index contributed by atoms with van der Waals surface area (Å²) in [6, 6.07) is 9.82. The number of piperidine rings is 1. The Morgan fingerprint density at radius 1 is 0.930 bits per heavy atom. The third kappa shape index (κ3) is 7.26. The first kappa shape index (κ1) is 38.9. The zero-order valence-corrected chi connectivity index (χ0v) is 31.2. The molecule has 57 heavy (non-hydrogen) atoms. The van der Waals surface area contributed by atoms with Crippen LogP contribution in [0.5, 0.6) is 5.75 Å². The number of benzene rings is 2. The number of pyridine rings is 1. The normalized spacial score (nSPS) is 18.5. The summed E-state index contributed by atoms with van der Waals surface area (Å²) in [4.78, 5) is 101. The van der Waals surface area contributed by atoms with Gasteiger partial charge >= 0.3 is 6.18 Å². The van der Waals surface area contributed by atoms with Gasteiger partial charge in [-0.05, 0) is 54.8 Å². The number of fused-ring (bicyclic) bond motifs is 2. The van der Waals surface area contributed by atoms with Crippen molar-refractivity contribution in [2.24, 2.45) is 5.41 Å². The van der Waals surface area contributed by atoms with Crippen LogP contribution in [0.4, 0.5) is 24.5 Å². The second-order valence-corrected chi connectivity index (χ2v) is 14.9. The van der Waals surface area contributed by atoms with Gasteiger partial charge in [0.2, 0.25) is 17.7 Å². The van der Waals surface area contributed by atoms with Crippen molar-refractivity contribution >= 4 is 52.7 Å². The van der Waals surface area contributed by atoms with Crippen molar-refractivity contribution in [3.63, 3.8) is 0 Å².